The number of ether oxygens (including phenoxy) is 1. The van der Waals surface area contributed by atoms with Crippen LogP contribution in [0.3, 0.4) is 0 Å². The van der Waals surface area contributed by atoms with Gasteiger partial charge in [0.25, 0.3) is 0 Å². The minimum absolute atomic E-state index is 0.393. The summed E-state index contributed by atoms with van der Waals surface area (Å²) in [5, 5.41) is 12.8. The van der Waals surface area contributed by atoms with E-state index in [4.69, 9.17) is 4.74 Å². The van der Waals surface area contributed by atoms with Gasteiger partial charge in [-0.25, -0.2) is 4.98 Å². The average Bonchev–Trinajstić information content (AvgIpc) is 2.76. The number of aromatic nitrogens is 1. The van der Waals surface area contributed by atoms with Crippen molar-refractivity contribution >= 4 is 23.1 Å². The van der Waals surface area contributed by atoms with Crippen LogP contribution in [-0.4, -0.2) is 54.5 Å². The number of hydrogen-bond acceptors (Lipinski definition) is 6. The summed E-state index contributed by atoms with van der Waals surface area (Å²) in [6.07, 6.45) is 2.53. The molecule has 1 aromatic heterocycles. The maximum atomic E-state index is 9.66. The van der Waals surface area contributed by atoms with Crippen molar-refractivity contribution in [2.45, 2.75) is 19.4 Å². The van der Waals surface area contributed by atoms with E-state index in [0.717, 1.165) is 24.4 Å². The van der Waals surface area contributed by atoms with Crippen LogP contribution < -0.4 is 5.32 Å². The van der Waals surface area contributed by atoms with E-state index in [2.05, 4.69) is 16.6 Å². The Kier molecular flexibility index (Phi) is 8.62. The van der Waals surface area contributed by atoms with Crippen LogP contribution in [0, 0.1) is 6.92 Å². The van der Waals surface area contributed by atoms with E-state index in [1.54, 1.807) is 23.1 Å². The number of nitrogens with one attached hydrogen (secondary N) is 1. The van der Waals surface area contributed by atoms with Crippen LogP contribution in [0.4, 0.5) is 0 Å². The Balaban J connectivity index is 1.98. The van der Waals surface area contributed by atoms with E-state index in [9.17, 15) is 5.11 Å². The van der Waals surface area contributed by atoms with E-state index in [1.165, 1.54) is 4.88 Å². The summed E-state index contributed by atoms with van der Waals surface area (Å²) in [5.41, 5.74) is 2.94. The Morgan fingerprint density at radius 3 is 3.11 bits per heavy atom. The molecule has 18 heavy (non-hydrogen) atoms. The Bertz CT molecular complexity index is 321. The number of rotatable bonds is 10. The predicted octanol–water partition coefficient (Wildman–Crippen LogP) is 1.32. The molecule has 1 unspecified atom stereocenters. The molecule has 0 saturated carbocycles. The second-order valence-corrected chi connectivity index (χ2v) is 5.96. The van der Waals surface area contributed by atoms with Crippen LogP contribution in [-0.2, 0) is 11.2 Å². The van der Waals surface area contributed by atoms with Gasteiger partial charge in [0.15, 0.2) is 0 Å². The third-order valence-electron chi connectivity index (χ3n) is 2.49. The highest BCUT2D eigenvalue weighted by Crippen LogP contribution is 2.12. The van der Waals surface area contributed by atoms with Crippen LogP contribution in [0.2, 0.25) is 0 Å². The van der Waals surface area contributed by atoms with Gasteiger partial charge in [-0.1, -0.05) is 0 Å². The van der Waals surface area contributed by atoms with Gasteiger partial charge in [0.05, 0.1) is 30.5 Å². The molecule has 1 rings (SSSR count). The van der Waals surface area contributed by atoms with Crippen molar-refractivity contribution in [3.8, 4) is 0 Å². The van der Waals surface area contributed by atoms with Crippen molar-refractivity contribution in [3.63, 3.8) is 0 Å². The largest absolute Gasteiger partial charge is 0.389 e. The van der Waals surface area contributed by atoms with Crippen LogP contribution in [0.15, 0.2) is 5.51 Å². The van der Waals surface area contributed by atoms with E-state index in [-0.39, 0.29) is 0 Å². The first-order valence-electron chi connectivity index (χ1n) is 6.08. The maximum absolute atomic E-state index is 9.66. The van der Waals surface area contributed by atoms with Crippen molar-refractivity contribution in [2.75, 3.05) is 38.3 Å². The van der Waals surface area contributed by atoms with Gasteiger partial charge in [-0.05, 0) is 13.2 Å². The molecule has 0 amide bonds. The Hall–Kier alpha value is -0.140. The third kappa shape index (κ3) is 6.70. The van der Waals surface area contributed by atoms with Gasteiger partial charge in [0.1, 0.15) is 0 Å². The fourth-order valence-corrected chi connectivity index (χ4v) is 2.56. The molecule has 0 spiro atoms. The van der Waals surface area contributed by atoms with E-state index in [1.807, 2.05) is 12.4 Å². The summed E-state index contributed by atoms with van der Waals surface area (Å²) in [6, 6.07) is 0. The molecule has 0 aromatic carbocycles. The zero-order valence-electron chi connectivity index (χ0n) is 11.0. The van der Waals surface area contributed by atoms with Gasteiger partial charge in [-0.2, -0.15) is 11.8 Å². The second-order valence-electron chi connectivity index (χ2n) is 4.04. The quantitative estimate of drug-likeness (QED) is 0.637. The number of aliphatic hydroxyl groups excluding tert-OH is 1. The molecule has 2 N–H and O–H groups in total. The minimum atomic E-state index is -0.422. The van der Waals surface area contributed by atoms with E-state index < -0.39 is 6.10 Å². The number of nitrogens with zero attached hydrogens (tertiary/aromatic N) is 1. The lowest BCUT2D eigenvalue weighted by Gasteiger charge is -2.11. The highest BCUT2D eigenvalue weighted by molar-refractivity contribution is 7.98. The molecular formula is C12H22N2O2S2. The van der Waals surface area contributed by atoms with Gasteiger partial charge < -0.3 is 15.2 Å². The summed E-state index contributed by atoms with van der Waals surface area (Å²) in [5.74, 6) is 1.07. The first-order chi connectivity index (χ1) is 8.74. The molecule has 1 aromatic rings. The predicted molar refractivity (Wildman–Crippen MR) is 78.6 cm³/mol. The first kappa shape index (κ1) is 15.9. The normalized spacial score (nSPS) is 12.8. The van der Waals surface area contributed by atoms with Gasteiger partial charge in [-0.15, -0.1) is 11.3 Å². The summed E-state index contributed by atoms with van der Waals surface area (Å²) in [6.45, 7) is 4.57. The Morgan fingerprint density at radius 1 is 1.61 bits per heavy atom. The van der Waals surface area contributed by atoms with Crippen molar-refractivity contribution in [3.05, 3.63) is 16.1 Å². The highest BCUT2D eigenvalue weighted by atomic mass is 32.2. The van der Waals surface area contributed by atoms with Gasteiger partial charge >= 0.3 is 0 Å². The van der Waals surface area contributed by atoms with Crippen molar-refractivity contribution in [1.29, 1.82) is 0 Å². The monoisotopic (exact) mass is 290 g/mol. The summed E-state index contributed by atoms with van der Waals surface area (Å²) >= 11 is 3.45. The highest BCUT2D eigenvalue weighted by Gasteiger charge is 2.05. The topological polar surface area (TPSA) is 54.4 Å². The molecule has 1 heterocycles. The van der Waals surface area contributed by atoms with Crippen LogP contribution >= 0.6 is 23.1 Å². The lowest BCUT2D eigenvalue weighted by Crippen LogP contribution is -2.31. The van der Waals surface area contributed by atoms with Gasteiger partial charge in [-0.3, -0.25) is 0 Å². The molecule has 0 saturated heterocycles. The number of hydrogen-bond donors (Lipinski definition) is 2. The standard InChI is InChI=1S/C12H22N2O2S2/c1-10-12(18-9-14-10)3-5-16-8-11(15)7-13-4-6-17-2/h9,11,13,15H,3-8H2,1-2H3. The minimum Gasteiger partial charge on any atom is -0.389 e. The van der Waals surface area contributed by atoms with Gasteiger partial charge in [0, 0.05) is 30.1 Å². The van der Waals surface area contributed by atoms with Crippen LogP contribution in [0.5, 0.6) is 0 Å². The zero-order valence-corrected chi connectivity index (χ0v) is 12.6. The number of aryl methyl sites for hydroxylation is 1. The fourth-order valence-electron chi connectivity index (χ4n) is 1.45. The number of thiazole rings is 1. The van der Waals surface area contributed by atoms with E-state index >= 15 is 0 Å². The molecule has 4 nitrogen and oxygen atoms in total. The molecular weight excluding hydrogens is 268 g/mol. The van der Waals surface area contributed by atoms with Crippen LogP contribution in [0.25, 0.3) is 0 Å². The Morgan fingerprint density at radius 2 is 2.44 bits per heavy atom. The molecule has 0 bridgehead atoms. The maximum Gasteiger partial charge on any atom is 0.0897 e. The van der Waals surface area contributed by atoms with Crippen molar-refractivity contribution in [2.24, 2.45) is 0 Å². The lowest BCUT2D eigenvalue weighted by molar-refractivity contribution is 0.0388. The molecule has 0 radical (unpaired) electrons. The molecule has 1 atom stereocenters. The molecule has 0 aliphatic rings. The Labute approximate surface area is 117 Å². The lowest BCUT2D eigenvalue weighted by atomic mass is 10.3. The average molecular weight is 290 g/mol. The molecule has 6 heteroatoms. The molecule has 0 aliphatic heterocycles. The molecule has 0 aliphatic carbocycles. The van der Waals surface area contributed by atoms with Gasteiger partial charge in [0.2, 0.25) is 0 Å². The fraction of sp³-hybridized carbons (Fsp3) is 0.750. The van der Waals surface area contributed by atoms with Crippen LogP contribution in [0.1, 0.15) is 10.6 Å². The SMILES string of the molecule is CSCCNCC(O)COCCc1scnc1C. The zero-order chi connectivity index (χ0) is 13.2. The summed E-state index contributed by atoms with van der Waals surface area (Å²) in [4.78, 5) is 5.46. The summed E-state index contributed by atoms with van der Waals surface area (Å²) < 4.78 is 5.46. The second kappa shape index (κ2) is 9.75. The number of aliphatic hydroxyl groups is 1. The molecule has 0 fully saturated rings. The van der Waals surface area contributed by atoms with E-state index in [0.29, 0.717) is 19.8 Å². The molecule has 104 valence electrons. The van der Waals surface area contributed by atoms with Crippen molar-refractivity contribution in [1.82, 2.24) is 10.3 Å². The third-order valence-corrected chi connectivity index (χ3v) is 4.10. The number of thioether (sulfide) groups is 1. The smallest absolute Gasteiger partial charge is 0.0897 e. The van der Waals surface area contributed by atoms with Crippen molar-refractivity contribution < 1.29 is 9.84 Å². The summed E-state index contributed by atoms with van der Waals surface area (Å²) in [7, 11) is 0. The first-order valence-corrected chi connectivity index (χ1v) is 8.35.